The molecule has 184 valence electrons. The molecule has 5 rings (SSSR count). The maximum atomic E-state index is 13.8. The van der Waals surface area contributed by atoms with Crippen molar-refractivity contribution in [3.63, 3.8) is 0 Å². The molecule has 2 aliphatic heterocycles. The lowest BCUT2D eigenvalue weighted by Gasteiger charge is -2.40. The number of benzene rings is 1. The number of carbonyl (C=O) groups is 1. The zero-order valence-corrected chi connectivity index (χ0v) is 19.2. The summed E-state index contributed by atoms with van der Waals surface area (Å²) < 4.78 is 50.5. The highest BCUT2D eigenvalue weighted by atomic mass is 19.4. The van der Waals surface area contributed by atoms with Crippen LogP contribution in [0.2, 0.25) is 0 Å². The van der Waals surface area contributed by atoms with Crippen LogP contribution >= 0.6 is 0 Å². The minimum Gasteiger partial charge on any atom is -0.473 e. The number of nitrogens with one attached hydrogen (secondary N) is 1. The molecule has 1 fully saturated rings. The van der Waals surface area contributed by atoms with Crippen LogP contribution in [0.5, 0.6) is 5.75 Å². The number of nitrogens with zero attached hydrogens (tertiary/aromatic N) is 2. The van der Waals surface area contributed by atoms with Crippen LogP contribution in [0.3, 0.4) is 0 Å². The van der Waals surface area contributed by atoms with Crippen LogP contribution < -0.4 is 10.3 Å². The van der Waals surface area contributed by atoms with Gasteiger partial charge in [-0.25, -0.2) is 0 Å². The van der Waals surface area contributed by atoms with Crippen LogP contribution in [0.15, 0.2) is 27.5 Å². The molecule has 2 aromatic rings. The fraction of sp³-hybridized carbons (Fsp3) is 0.583. The molecule has 1 saturated carbocycles. The summed E-state index contributed by atoms with van der Waals surface area (Å²) in [6.07, 6.45) is -1.67. The Kier molecular flexibility index (Phi) is 5.54. The first-order valence-corrected chi connectivity index (χ1v) is 11.6. The second-order valence-corrected chi connectivity index (χ2v) is 9.96. The standard InChI is InChI=1S/C24H28F3N3O4/c1-14(2)23(7-5-17(10-23)29-8-6-20-18(12-29)21(31)28-34-20)22(32)30-11-15-9-16(24(25,26)27)3-4-19(15)33-13-30/h3-4,9,14,17H,5-8,10-13H2,1-2H3,(H,28,31)/t17-,23+/m1/s1. The maximum absolute atomic E-state index is 13.8. The van der Waals surface area contributed by atoms with Crippen molar-refractivity contribution in [2.75, 3.05) is 13.3 Å². The van der Waals surface area contributed by atoms with E-state index in [0.29, 0.717) is 48.4 Å². The quantitative estimate of drug-likeness (QED) is 0.722. The van der Waals surface area contributed by atoms with Crippen LogP contribution in [-0.4, -0.2) is 40.2 Å². The van der Waals surface area contributed by atoms with E-state index in [-0.39, 0.29) is 36.7 Å². The van der Waals surface area contributed by atoms with Crippen LogP contribution in [0, 0.1) is 11.3 Å². The molecule has 0 unspecified atom stereocenters. The second kappa shape index (κ2) is 8.18. The van der Waals surface area contributed by atoms with E-state index in [1.54, 1.807) is 4.90 Å². The van der Waals surface area contributed by atoms with Gasteiger partial charge in [0.1, 0.15) is 11.5 Å². The van der Waals surface area contributed by atoms with E-state index in [2.05, 4.69) is 10.1 Å². The summed E-state index contributed by atoms with van der Waals surface area (Å²) in [5.41, 5.74) is -0.559. The molecule has 0 radical (unpaired) electrons. The third-order valence-electron chi connectivity index (χ3n) is 7.85. The predicted octanol–water partition coefficient (Wildman–Crippen LogP) is 3.92. The number of hydrogen-bond donors (Lipinski definition) is 1. The highest BCUT2D eigenvalue weighted by Gasteiger charge is 2.51. The van der Waals surface area contributed by atoms with Crippen molar-refractivity contribution in [2.45, 2.75) is 64.8 Å². The van der Waals surface area contributed by atoms with Crippen LogP contribution in [0.25, 0.3) is 0 Å². The minimum absolute atomic E-state index is 0.0216. The predicted molar refractivity (Wildman–Crippen MR) is 116 cm³/mol. The van der Waals surface area contributed by atoms with Gasteiger partial charge in [0.05, 0.1) is 23.1 Å². The maximum Gasteiger partial charge on any atom is 0.416 e. The lowest BCUT2D eigenvalue weighted by molar-refractivity contribution is -0.150. The first-order chi connectivity index (χ1) is 16.1. The molecule has 3 aliphatic rings. The number of aromatic amines is 1. The molecule has 0 bridgehead atoms. The second-order valence-electron chi connectivity index (χ2n) is 9.96. The Labute approximate surface area is 194 Å². The Balaban J connectivity index is 1.34. The molecule has 34 heavy (non-hydrogen) atoms. The van der Waals surface area contributed by atoms with Crippen molar-refractivity contribution in [2.24, 2.45) is 11.3 Å². The zero-order chi connectivity index (χ0) is 24.3. The first kappa shape index (κ1) is 23.0. The number of fused-ring (bicyclic) bond motifs is 2. The number of ether oxygens (including phenoxy) is 1. The largest absolute Gasteiger partial charge is 0.473 e. The number of halogens is 3. The zero-order valence-electron chi connectivity index (χ0n) is 19.2. The van der Waals surface area contributed by atoms with Crippen molar-refractivity contribution in [3.8, 4) is 5.75 Å². The summed E-state index contributed by atoms with van der Waals surface area (Å²) in [6, 6.07) is 3.54. The third-order valence-corrected chi connectivity index (χ3v) is 7.85. The van der Waals surface area contributed by atoms with E-state index in [1.807, 2.05) is 13.8 Å². The van der Waals surface area contributed by atoms with E-state index < -0.39 is 17.2 Å². The Hall–Kier alpha value is -2.75. The van der Waals surface area contributed by atoms with Gasteiger partial charge in [-0.15, -0.1) is 0 Å². The first-order valence-electron chi connectivity index (χ1n) is 11.6. The molecule has 1 N–H and O–H groups in total. The van der Waals surface area contributed by atoms with Gasteiger partial charge in [0.25, 0.3) is 5.56 Å². The number of carbonyl (C=O) groups excluding carboxylic acids is 1. The molecule has 0 spiro atoms. The molecule has 3 heterocycles. The van der Waals surface area contributed by atoms with E-state index in [9.17, 15) is 22.8 Å². The van der Waals surface area contributed by atoms with Crippen molar-refractivity contribution >= 4 is 5.91 Å². The average molecular weight is 479 g/mol. The smallest absolute Gasteiger partial charge is 0.416 e. The summed E-state index contributed by atoms with van der Waals surface area (Å²) in [5, 5.41) is 2.40. The van der Waals surface area contributed by atoms with Gasteiger partial charge in [-0.3, -0.25) is 14.5 Å². The molecule has 1 aromatic carbocycles. The average Bonchev–Trinajstić information content (AvgIpc) is 3.42. The van der Waals surface area contributed by atoms with E-state index in [0.717, 1.165) is 25.1 Å². The molecule has 7 nitrogen and oxygen atoms in total. The summed E-state index contributed by atoms with van der Waals surface area (Å²) in [4.78, 5) is 29.7. The SMILES string of the molecule is CC(C)[C@]1(C(=O)N2COc3ccc(C(F)(F)F)cc3C2)CC[C@@H](N2CCc3o[nH]c(=O)c3C2)C1. The van der Waals surface area contributed by atoms with Gasteiger partial charge in [0, 0.05) is 31.1 Å². The van der Waals surface area contributed by atoms with Crippen LogP contribution in [0.4, 0.5) is 13.2 Å². The summed E-state index contributed by atoms with van der Waals surface area (Å²) in [6.45, 7) is 5.41. The lowest BCUT2D eigenvalue weighted by atomic mass is 9.74. The van der Waals surface area contributed by atoms with Gasteiger partial charge in [0.2, 0.25) is 5.91 Å². The number of hydrogen-bond acceptors (Lipinski definition) is 5. The van der Waals surface area contributed by atoms with Crippen molar-refractivity contribution < 1.29 is 27.2 Å². The fourth-order valence-electron chi connectivity index (χ4n) is 5.75. The van der Waals surface area contributed by atoms with Crippen molar-refractivity contribution in [1.29, 1.82) is 0 Å². The third kappa shape index (κ3) is 3.81. The van der Waals surface area contributed by atoms with Gasteiger partial charge >= 0.3 is 6.18 Å². The van der Waals surface area contributed by atoms with Gasteiger partial charge in [-0.2, -0.15) is 18.3 Å². The summed E-state index contributed by atoms with van der Waals surface area (Å²) >= 11 is 0. The Morgan fingerprint density at radius 2 is 2.06 bits per heavy atom. The van der Waals surface area contributed by atoms with Gasteiger partial charge in [-0.1, -0.05) is 13.8 Å². The van der Waals surface area contributed by atoms with Crippen molar-refractivity contribution in [1.82, 2.24) is 15.0 Å². The Morgan fingerprint density at radius 3 is 2.79 bits per heavy atom. The summed E-state index contributed by atoms with van der Waals surface area (Å²) in [5.74, 6) is 1.06. The highest BCUT2D eigenvalue weighted by Crippen LogP contribution is 2.48. The summed E-state index contributed by atoms with van der Waals surface area (Å²) in [7, 11) is 0. The Morgan fingerprint density at radius 1 is 1.26 bits per heavy atom. The fourth-order valence-corrected chi connectivity index (χ4v) is 5.75. The number of alkyl halides is 3. The minimum atomic E-state index is -4.45. The molecule has 0 saturated heterocycles. The molecule has 10 heteroatoms. The van der Waals surface area contributed by atoms with Crippen molar-refractivity contribution in [3.05, 3.63) is 51.0 Å². The van der Waals surface area contributed by atoms with E-state index in [4.69, 9.17) is 9.26 Å². The topological polar surface area (TPSA) is 78.8 Å². The van der Waals surface area contributed by atoms with Gasteiger partial charge in [-0.05, 0) is 43.4 Å². The molecule has 1 amide bonds. The van der Waals surface area contributed by atoms with Crippen LogP contribution in [-0.2, 0) is 30.5 Å². The molecule has 2 atom stereocenters. The van der Waals surface area contributed by atoms with Gasteiger partial charge in [0.15, 0.2) is 6.73 Å². The normalized spacial score (nSPS) is 25.2. The van der Waals surface area contributed by atoms with Crippen LogP contribution in [0.1, 0.15) is 55.6 Å². The van der Waals surface area contributed by atoms with E-state index >= 15 is 0 Å². The highest BCUT2D eigenvalue weighted by molar-refractivity contribution is 5.83. The lowest BCUT2D eigenvalue weighted by Crippen LogP contribution is -2.49. The molecule has 1 aliphatic carbocycles. The molecule has 1 aromatic heterocycles. The Bertz CT molecular complexity index is 1160. The monoisotopic (exact) mass is 479 g/mol. The number of H-pyrrole nitrogens is 1. The number of amides is 1. The number of aromatic nitrogens is 1. The molecular weight excluding hydrogens is 451 g/mol. The number of rotatable bonds is 3. The van der Waals surface area contributed by atoms with Gasteiger partial charge < -0.3 is 14.2 Å². The van der Waals surface area contributed by atoms with E-state index in [1.165, 1.54) is 6.07 Å². The molecular formula is C24H28F3N3O4.